The lowest BCUT2D eigenvalue weighted by atomic mass is 10.1. The zero-order chi connectivity index (χ0) is 16.4. The van der Waals surface area contributed by atoms with Crippen molar-refractivity contribution in [2.24, 2.45) is 0 Å². The van der Waals surface area contributed by atoms with Crippen molar-refractivity contribution in [3.05, 3.63) is 41.7 Å². The van der Waals surface area contributed by atoms with Crippen molar-refractivity contribution in [1.82, 2.24) is 25.0 Å². The van der Waals surface area contributed by atoms with Gasteiger partial charge in [-0.25, -0.2) is 14.6 Å². The summed E-state index contributed by atoms with van der Waals surface area (Å²) in [6, 6.07) is 8.15. The lowest BCUT2D eigenvalue weighted by Gasteiger charge is -2.05. The zero-order valence-electron chi connectivity index (χ0n) is 12.7. The Morgan fingerprint density at radius 2 is 2.04 bits per heavy atom. The lowest BCUT2D eigenvalue weighted by molar-refractivity contribution is -0.136. The molecule has 118 valence electrons. The van der Waals surface area contributed by atoms with Crippen LogP contribution in [0.25, 0.3) is 11.2 Å². The molecule has 1 N–H and O–H groups in total. The number of aryl methyl sites for hydroxylation is 1. The van der Waals surface area contributed by atoms with Gasteiger partial charge in [0.15, 0.2) is 11.2 Å². The van der Waals surface area contributed by atoms with E-state index in [2.05, 4.69) is 20.3 Å². The van der Waals surface area contributed by atoms with Gasteiger partial charge in [0.2, 0.25) is 0 Å². The number of rotatable bonds is 5. The minimum atomic E-state index is -0.895. The normalized spacial score (nSPS) is 12.4. The zero-order valence-corrected chi connectivity index (χ0v) is 13.5. The number of carbonyl (C=O) groups is 1. The molecule has 0 fully saturated rings. The molecule has 23 heavy (non-hydrogen) atoms. The van der Waals surface area contributed by atoms with E-state index < -0.39 is 11.2 Å². The molecule has 0 spiro atoms. The number of hydrogen-bond acceptors (Lipinski definition) is 6. The van der Waals surface area contributed by atoms with Crippen molar-refractivity contribution in [3.63, 3.8) is 0 Å². The van der Waals surface area contributed by atoms with E-state index in [1.807, 2.05) is 31.2 Å². The fourth-order valence-corrected chi connectivity index (χ4v) is 2.84. The summed E-state index contributed by atoms with van der Waals surface area (Å²) < 4.78 is 1.69. The van der Waals surface area contributed by atoms with Crippen LogP contribution in [-0.2, 0) is 11.3 Å². The Kier molecular flexibility index (Phi) is 4.24. The standard InChI is InChI=1S/C15H15N5O2S/c1-9-3-5-11(6-4-9)7-20-13-12(18-19-20)14(17-8-16-13)23-10(2)15(21)22/h3-6,8,10H,7H2,1-2H3,(H,21,22)/t10-/m0/s1. The van der Waals surface area contributed by atoms with E-state index in [0.717, 1.165) is 17.3 Å². The lowest BCUT2D eigenvalue weighted by Crippen LogP contribution is -2.11. The molecule has 0 aliphatic rings. The maximum absolute atomic E-state index is 11.0. The summed E-state index contributed by atoms with van der Waals surface area (Å²) in [5.74, 6) is -0.895. The van der Waals surface area contributed by atoms with Gasteiger partial charge in [-0.3, -0.25) is 4.79 Å². The molecule has 0 amide bonds. The highest BCUT2D eigenvalue weighted by atomic mass is 32.2. The molecule has 8 heteroatoms. The summed E-state index contributed by atoms with van der Waals surface area (Å²) in [4.78, 5) is 19.4. The van der Waals surface area contributed by atoms with Crippen LogP contribution in [0.5, 0.6) is 0 Å². The smallest absolute Gasteiger partial charge is 0.316 e. The van der Waals surface area contributed by atoms with E-state index >= 15 is 0 Å². The van der Waals surface area contributed by atoms with Gasteiger partial charge in [-0.05, 0) is 19.4 Å². The summed E-state index contributed by atoms with van der Waals surface area (Å²) >= 11 is 1.14. The summed E-state index contributed by atoms with van der Waals surface area (Å²) in [5.41, 5.74) is 3.41. The molecule has 1 aromatic carbocycles. The van der Waals surface area contributed by atoms with Crippen LogP contribution < -0.4 is 0 Å². The van der Waals surface area contributed by atoms with Crippen LogP contribution in [0, 0.1) is 6.92 Å². The van der Waals surface area contributed by atoms with Crippen LogP contribution in [0.2, 0.25) is 0 Å². The first-order chi connectivity index (χ1) is 11.0. The third-order valence-corrected chi connectivity index (χ3v) is 4.43. The minimum absolute atomic E-state index is 0.526. The first kappa shape index (κ1) is 15.4. The molecule has 0 saturated carbocycles. The third kappa shape index (κ3) is 3.31. The first-order valence-corrected chi connectivity index (χ1v) is 7.92. The quantitative estimate of drug-likeness (QED) is 0.566. The van der Waals surface area contributed by atoms with Gasteiger partial charge in [-0.15, -0.1) is 5.10 Å². The van der Waals surface area contributed by atoms with Crippen LogP contribution in [0.1, 0.15) is 18.1 Å². The number of carboxylic acid groups (broad SMARTS) is 1. The second kappa shape index (κ2) is 6.33. The molecule has 0 unspecified atom stereocenters. The Bertz CT molecular complexity index is 847. The van der Waals surface area contributed by atoms with E-state index in [1.165, 1.54) is 11.9 Å². The van der Waals surface area contributed by atoms with Crippen molar-refractivity contribution in [3.8, 4) is 0 Å². The number of hydrogen-bond donors (Lipinski definition) is 1. The number of fused-ring (bicyclic) bond motifs is 1. The number of thioether (sulfide) groups is 1. The Hall–Kier alpha value is -2.48. The monoisotopic (exact) mass is 329 g/mol. The summed E-state index contributed by atoms with van der Waals surface area (Å²) in [6.45, 7) is 4.19. The third-order valence-electron chi connectivity index (χ3n) is 3.36. The van der Waals surface area contributed by atoms with Gasteiger partial charge in [-0.1, -0.05) is 46.8 Å². The number of benzene rings is 1. The number of aromatic nitrogens is 5. The highest BCUT2D eigenvalue weighted by Gasteiger charge is 2.18. The van der Waals surface area contributed by atoms with Gasteiger partial charge >= 0.3 is 5.97 Å². The number of nitrogens with zero attached hydrogens (tertiary/aromatic N) is 5. The molecule has 0 bridgehead atoms. The van der Waals surface area contributed by atoms with Crippen molar-refractivity contribution < 1.29 is 9.90 Å². The predicted molar refractivity (Wildman–Crippen MR) is 86.4 cm³/mol. The fourth-order valence-electron chi connectivity index (χ4n) is 2.05. The van der Waals surface area contributed by atoms with Crippen LogP contribution in [0.3, 0.4) is 0 Å². The Labute approximate surface area is 136 Å². The Morgan fingerprint density at radius 1 is 1.30 bits per heavy atom. The van der Waals surface area contributed by atoms with Gasteiger partial charge in [-0.2, -0.15) is 0 Å². The first-order valence-electron chi connectivity index (χ1n) is 7.04. The largest absolute Gasteiger partial charge is 0.480 e. The molecule has 0 radical (unpaired) electrons. The Morgan fingerprint density at radius 3 is 2.74 bits per heavy atom. The van der Waals surface area contributed by atoms with Crippen molar-refractivity contribution in [1.29, 1.82) is 0 Å². The van der Waals surface area contributed by atoms with Crippen molar-refractivity contribution in [2.45, 2.75) is 30.7 Å². The predicted octanol–water partition coefficient (Wildman–Crippen LogP) is 2.14. The molecule has 7 nitrogen and oxygen atoms in total. The molecule has 3 rings (SSSR count). The van der Waals surface area contributed by atoms with E-state index in [4.69, 9.17) is 5.11 Å². The summed E-state index contributed by atoms with van der Waals surface area (Å²) in [6.07, 6.45) is 1.41. The summed E-state index contributed by atoms with van der Waals surface area (Å²) in [5, 5.41) is 17.2. The number of aliphatic carboxylic acids is 1. The molecule has 2 heterocycles. The summed E-state index contributed by atoms with van der Waals surface area (Å²) in [7, 11) is 0. The Balaban J connectivity index is 1.91. The highest BCUT2D eigenvalue weighted by Crippen LogP contribution is 2.26. The second-order valence-corrected chi connectivity index (χ2v) is 6.51. The molecule has 0 saturated heterocycles. The van der Waals surface area contributed by atoms with Gasteiger partial charge in [0.05, 0.1) is 6.54 Å². The topological polar surface area (TPSA) is 93.8 Å². The van der Waals surface area contributed by atoms with E-state index in [9.17, 15) is 4.79 Å². The van der Waals surface area contributed by atoms with Crippen molar-refractivity contribution >= 4 is 28.9 Å². The molecular formula is C15H15N5O2S. The minimum Gasteiger partial charge on any atom is -0.480 e. The molecular weight excluding hydrogens is 314 g/mol. The average molecular weight is 329 g/mol. The molecule has 3 aromatic rings. The molecule has 0 aliphatic carbocycles. The van der Waals surface area contributed by atoms with Gasteiger partial charge in [0.25, 0.3) is 0 Å². The van der Waals surface area contributed by atoms with E-state index in [0.29, 0.717) is 22.7 Å². The van der Waals surface area contributed by atoms with Gasteiger partial charge < -0.3 is 5.11 Å². The van der Waals surface area contributed by atoms with Crippen LogP contribution >= 0.6 is 11.8 Å². The van der Waals surface area contributed by atoms with Gasteiger partial charge in [0, 0.05) is 0 Å². The fraction of sp³-hybridized carbons (Fsp3) is 0.267. The molecule has 2 aromatic heterocycles. The molecule has 0 aliphatic heterocycles. The van der Waals surface area contributed by atoms with Crippen LogP contribution in [0.15, 0.2) is 35.6 Å². The van der Waals surface area contributed by atoms with Crippen LogP contribution in [0.4, 0.5) is 0 Å². The SMILES string of the molecule is Cc1ccc(Cn2nnc3c(S[C@@H](C)C(=O)O)ncnc32)cc1. The maximum Gasteiger partial charge on any atom is 0.316 e. The van der Waals surface area contributed by atoms with E-state index in [-0.39, 0.29) is 0 Å². The average Bonchev–Trinajstić information content (AvgIpc) is 2.94. The van der Waals surface area contributed by atoms with E-state index in [1.54, 1.807) is 11.6 Å². The maximum atomic E-state index is 11.0. The van der Waals surface area contributed by atoms with Crippen LogP contribution in [-0.4, -0.2) is 41.3 Å². The molecule has 1 atom stereocenters. The van der Waals surface area contributed by atoms with Gasteiger partial charge in [0.1, 0.15) is 16.6 Å². The number of carboxylic acids is 1. The van der Waals surface area contributed by atoms with Crippen molar-refractivity contribution in [2.75, 3.05) is 0 Å². The highest BCUT2D eigenvalue weighted by molar-refractivity contribution is 8.00. The second-order valence-electron chi connectivity index (χ2n) is 5.18.